The van der Waals surface area contributed by atoms with Crippen molar-refractivity contribution >= 4 is 16.9 Å². The van der Waals surface area contributed by atoms with Gasteiger partial charge in [0.2, 0.25) is 17.1 Å². The number of aromatic nitrogens is 4. The van der Waals surface area contributed by atoms with Crippen LogP contribution in [0.3, 0.4) is 0 Å². The normalized spacial score (nSPS) is 17.7. The number of ether oxygens (including phenoxy) is 2. The van der Waals surface area contributed by atoms with E-state index in [1.165, 1.54) is 19.3 Å². The zero-order valence-corrected chi connectivity index (χ0v) is 18.2. The Morgan fingerprint density at radius 2 is 1.91 bits per heavy atom. The first kappa shape index (κ1) is 20.9. The Balaban J connectivity index is 1.30. The lowest BCUT2D eigenvalue weighted by Gasteiger charge is -2.28. The van der Waals surface area contributed by atoms with Crippen LogP contribution in [0.15, 0.2) is 33.5 Å². The summed E-state index contributed by atoms with van der Waals surface area (Å²) in [6, 6.07) is 7.69. The lowest BCUT2D eigenvalue weighted by Crippen LogP contribution is -2.37. The second kappa shape index (κ2) is 9.68. The van der Waals surface area contributed by atoms with Gasteiger partial charge >= 0.3 is 0 Å². The molecule has 170 valence electrons. The van der Waals surface area contributed by atoms with Crippen molar-refractivity contribution in [3.8, 4) is 5.75 Å². The summed E-state index contributed by atoms with van der Waals surface area (Å²) in [6.45, 7) is 2.90. The highest BCUT2D eigenvalue weighted by molar-refractivity contribution is 5.80. The number of fused-ring (bicyclic) bond motifs is 1. The molecular formula is C23H29N5O4. The Morgan fingerprint density at radius 3 is 2.75 bits per heavy atom. The average molecular weight is 440 g/mol. The van der Waals surface area contributed by atoms with Crippen molar-refractivity contribution in [2.45, 2.75) is 51.0 Å². The zero-order valence-electron chi connectivity index (χ0n) is 18.2. The van der Waals surface area contributed by atoms with Crippen LogP contribution in [-0.4, -0.2) is 53.1 Å². The molecule has 32 heavy (non-hydrogen) atoms. The number of nitrogens with zero attached hydrogens (tertiary/aromatic N) is 5. The van der Waals surface area contributed by atoms with Gasteiger partial charge in [-0.3, -0.25) is 4.79 Å². The molecule has 0 spiro atoms. The number of tetrazole rings is 1. The average Bonchev–Trinajstić information content (AvgIpc) is 3.32. The van der Waals surface area contributed by atoms with Crippen molar-refractivity contribution in [1.82, 2.24) is 20.2 Å². The van der Waals surface area contributed by atoms with Crippen molar-refractivity contribution in [2.24, 2.45) is 0 Å². The molecule has 0 atom stereocenters. The summed E-state index contributed by atoms with van der Waals surface area (Å²) in [5, 5.41) is 12.9. The smallest absolute Gasteiger partial charge is 0.243 e. The number of rotatable bonds is 7. The fraction of sp³-hybridized carbons (Fsp3) is 0.565. The molecule has 1 saturated carbocycles. The maximum atomic E-state index is 13.2. The molecule has 5 rings (SSSR count). The lowest BCUT2D eigenvalue weighted by molar-refractivity contribution is 0.120. The van der Waals surface area contributed by atoms with Gasteiger partial charge in [0.05, 0.1) is 31.2 Å². The minimum absolute atomic E-state index is 0.139. The second-order valence-electron chi connectivity index (χ2n) is 8.44. The highest BCUT2D eigenvalue weighted by Gasteiger charge is 2.24. The third-order valence-electron chi connectivity index (χ3n) is 6.31. The first-order valence-electron chi connectivity index (χ1n) is 11.6. The molecule has 9 heteroatoms. The molecule has 0 bridgehead atoms. The summed E-state index contributed by atoms with van der Waals surface area (Å²) >= 11 is 0. The fourth-order valence-electron chi connectivity index (χ4n) is 4.61. The van der Waals surface area contributed by atoms with Crippen LogP contribution < -0.4 is 15.1 Å². The molecule has 3 heterocycles. The largest absolute Gasteiger partial charge is 0.485 e. The predicted molar refractivity (Wildman–Crippen MR) is 119 cm³/mol. The molecule has 1 aromatic carbocycles. The standard InChI is InChI=1S/C23H29N5O4/c29-21-18-9-4-5-10-19(18)32-23(27-12-15-30-16-13-27)22(21)31-14-6-11-20-24-25-26-28(20)17-7-2-1-3-8-17/h4-5,9-10,17H,1-3,6-8,11-16H2. The third kappa shape index (κ3) is 4.34. The van der Waals surface area contributed by atoms with Gasteiger partial charge in [0, 0.05) is 19.5 Å². The second-order valence-corrected chi connectivity index (χ2v) is 8.44. The number of hydrogen-bond acceptors (Lipinski definition) is 8. The molecule has 1 aliphatic carbocycles. The number of para-hydroxylation sites is 1. The van der Waals surface area contributed by atoms with Gasteiger partial charge < -0.3 is 18.8 Å². The minimum Gasteiger partial charge on any atom is -0.485 e. The highest BCUT2D eigenvalue weighted by Crippen LogP contribution is 2.30. The first-order valence-corrected chi connectivity index (χ1v) is 11.6. The van der Waals surface area contributed by atoms with Gasteiger partial charge in [-0.25, -0.2) is 4.68 Å². The monoisotopic (exact) mass is 439 g/mol. The molecule has 2 aliphatic rings. The topological polar surface area (TPSA) is 95.5 Å². The van der Waals surface area contributed by atoms with Crippen molar-refractivity contribution in [1.29, 1.82) is 0 Å². The zero-order chi connectivity index (χ0) is 21.8. The van der Waals surface area contributed by atoms with E-state index in [1.807, 2.05) is 27.8 Å². The fourth-order valence-corrected chi connectivity index (χ4v) is 4.61. The molecule has 1 saturated heterocycles. The van der Waals surface area contributed by atoms with Gasteiger partial charge in [0.1, 0.15) is 5.58 Å². The van der Waals surface area contributed by atoms with Crippen LogP contribution in [0.5, 0.6) is 5.75 Å². The summed E-state index contributed by atoms with van der Waals surface area (Å²) in [5.41, 5.74) is 0.429. The van der Waals surface area contributed by atoms with Crippen LogP contribution in [0.2, 0.25) is 0 Å². The van der Waals surface area contributed by atoms with Gasteiger partial charge in [0.25, 0.3) is 0 Å². The Hall–Kier alpha value is -2.94. The number of anilines is 1. The number of aryl methyl sites for hydroxylation is 1. The van der Waals surface area contributed by atoms with E-state index in [4.69, 9.17) is 13.9 Å². The van der Waals surface area contributed by atoms with E-state index in [2.05, 4.69) is 15.5 Å². The van der Waals surface area contributed by atoms with Gasteiger partial charge in [0.15, 0.2) is 5.82 Å². The molecule has 1 aliphatic heterocycles. The van der Waals surface area contributed by atoms with E-state index < -0.39 is 0 Å². The van der Waals surface area contributed by atoms with Crippen LogP contribution in [0.1, 0.15) is 50.4 Å². The van der Waals surface area contributed by atoms with Crippen LogP contribution in [0.25, 0.3) is 11.0 Å². The Kier molecular flexibility index (Phi) is 6.34. The number of morpholine rings is 1. The molecule has 9 nitrogen and oxygen atoms in total. The molecule has 0 radical (unpaired) electrons. The molecule has 0 amide bonds. The Morgan fingerprint density at radius 1 is 1.09 bits per heavy atom. The summed E-state index contributed by atoms with van der Waals surface area (Å²) in [6.07, 6.45) is 7.44. The Bertz CT molecular complexity index is 1100. The van der Waals surface area contributed by atoms with Crippen molar-refractivity contribution in [3.05, 3.63) is 40.3 Å². The molecule has 0 unspecified atom stereocenters. The maximum absolute atomic E-state index is 13.2. The summed E-state index contributed by atoms with van der Waals surface area (Å²) in [5.74, 6) is 1.65. The van der Waals surface area contributed by atoms with E-state index in [9.17, 15) is 4.79 Å². The number of benzene rings is 1. The van der Waals surface area contributed by atoms with E-state index in [1.54, 1.807) is 6.07 Å². The van der Waals surface area contributed by atoms with Crippen LogP contribution in [0.4, 0.5) is 5.88 Å². The van der Waals surface area contributed by atoms with E-state index in [0.29, 0.717) is 68.6 Å². The van der Waals surface area contributed by atoms with Crippen LogP contribution in [-0.2, 0) is 11.2 Å². The van der Waals surface area contributed by atoms with E-state index >= 15 is 0 Å². The highest BCUT2D eigenvalue weighted by atomic mass is 16.5. The van der Waals surface area contributed by atoms with Gasteiger partial charge in [-0.1, -0.05) is 31.4 Å². The van der Waals surface area contributed by atoms with Crippen molar-refractivity contribution in [3.63, 3.8) is 0 Å². The number of hydrogen-bond donors (Lipinski definition) is 0. The Labute approximate surface area is 186 Å². The maximum Gasteiger partial charge on any atom is 0.243 e. The third-order valence-corrected chi connectivity index (χ3v) is 6.31. The molecule has 2 aromatic heterocycles. The van der Waals surface area contributed by atoms with E-state index in [0.717, 1.165) is 18.7 Å². The quantitative estimate of drug-likeness (QED) is 0.518. The van der Waals surface area contributed by atoms with Crippen LogP contribution >= 0.6 is 0 Å². The van der Waals surface area contributed by atoms with Gasteiger partial charge in [-0.2, -0.15) is 0 Å². The first-order chi connectivity index (χ1) is 15.8. The molecule has 0 N–H and O–H groups in total. The van der Waals surface area contributed by atoms with Crippen molar-refractivity contribution in [2.75, 3.05) is 37.8 Å². The molecular weight excluding hydrogens is 410 g/mol. The summed E-state index contributed by atoms with van der Waals surface area (Å²) in [7, 11) is 0. The minimum atomic E-state index is -0.139. The predicted octanol–water partition coefficient (Wildman–Crippen LogP) is 3.13. The lowest BCUT2D eigenvalue weighted by atomic mass is 9.95. The SMILES string of the molecule is O=c1c(OCCCc2nnnn2C2CCCCC2)c(N2CCOCC2)oc2ccccc12. The van der Waals surface area contributed by atoms with Crippen molar-refractivity contribution < 1.29 is 13.9 Å². The summed E-state index contributed by atoms with van der Waals surface area (Å²) < 4.78 is 19.6. The van der Waals surface area contributed by atoms with Gasteiger partial charge in [-0.05, 0) is 41.8 Å². The van der Waals surface area contributed by atoms with E-state index in [-0.39, 0.29) is 11.2 Å². The van der Waals surface area contributed by atoms with Gasteiger partial charge in [-0.15, -0.1) is 5.10 Å². The molecule has 3 aromatic rings. The summed E-state index contributed by atoms with van der Waals surface area (Å²) in [4.78, 5) is 15.2. The molecule has 2 fully saturated rings. The van der Waals surface area contributed by atoms with Crippen LogP contribution in [0, 0.1) is 0 Å².